The molecule has 2 aromatic carbocycles. The molecular formula is C24H24ClN3O2. The molecule has 2 amide bonds. The van der Waals surface area contributed by atoms with Crippen LogP contribution in [0.15, 0.2) is 48.5 Å². The lowest BCUT2D eigenvalue weighted by Gasteiger charge is -2.51. The summed E-state index contributed by atoms with van der Waals surface area (Å²) in [5, 5.41) is 1.75. The molecule has 1 N–H and O–H groups in total. The summed E-state index contributed by atoms with van der Waals surface area (Å²) in [7, 11) is 0. The average Bonchev–Trinajstić information content (AvgIpc) is 3.14. The Balaban J connectivity index is 1.78. The second-order valence-corrected chi connectivity index (χ2v) is 8.74. The van der Waals surface area contributed by atoms with Crippen LogP contribution in [-0.2, 0) is 15.1 Å². The zero-order valence-electron chi connectivity index (χ0n) is 17.1. The quantitative estimate of drug-likeness (QED) is 0.686. The van der Waals surface area contributed by atoms with Gasteiger partial charge in [-0.25, -0.2) is 0 Å². The van der Waals surface area contributed by atoms with Gasteiger partial charge in [-0.2, -0.15) is 0 Å². The Bertz CT molecular complexity index is 1170. The first-order valence-corrected chi connectivity index (χ1v) is 10.8. The maximum Gasteiger partial charge on any atom is 0.254 e. The fraction of sp³-hybridized carbons (Fsp3) is 0.333. The second kappa shape index (κ2) is 6.88. The Labute approximate surface area is 180 Å². The summed E-state index contributed by atoms with van der Waals surface area (Å²) in [5.41, 5.74) is 2.77. The van der Waals surface area contributed by atoms with Gasteiger partial charge in [-0.05, 0) is 36.6 Å². The first-order valence-electron chi connectivity index (χ1n) is 10.4. The van der Waals surface area contributed by atoms with E-state index in [-0.39, 0.29) is 24.3 Å². The summed E-state index contributed by atoms with van der Waals surface area (Å²) in [5.74, 6) is -0.145. The lowest BCUT2D eigenvalue weighted by atomic mass is 9.76. The zero-order valence-corrected chi connectivity index (χ0v) is 17.9. The van der Waals surface area contributed by atoms with Crippen molar-refractivity contribution in [1.82, 2.24) is 14.8 Å². The second-order valence-electron chi connectivity index (χ2n) is 8.34. The number of fused-ring (bicyclic) bond motifs is 5. The molecule has 154 valence electrons. The molecule has 5 nitrogen and oxygen atoms in total. The minimum Gasteiger partial charge on any atom is -0.356 e. The first-order chi connectivity index (χ1) is 14.5. The molecule has 0 unspecified atom stereocenters. The number of hydrogen-bond donors (Lipinski definition) is 1. The van der Waals surface area contributed by atoms with Crippen LogP contribution in [0.1, 0.15) is 43.0 Å². The number of nitrogens with one attached hydrogen (secondary N) is 1. The molecule has 1 fully saturated rings. The molecule has 6 heteroatoms. The normalized spacial score (nSPS) is 23.6. The molecule has 3 aromatic rings. The van der Waals surface area contributed by atoms with Gasteiger partial charge in [-0.15, -0.1) is 0 Å². The summed E-state index contributed by atoms with van der Waals surface area (Å²) in [6.07, 6.45) is 0.816. The Kier molecular flexibility index (Phi) is 4.40. The van der Waals surface area contributed by atoms with Crippen LogP contribution in [-0.4, -0.2) is 46.2 Å². The van der Waals surface area contributed by atoms with Crippen LogP contribution in [0.5, 0.6) is 0 Å². The first kappa shape index (κ1) is 19.2. The molecule has 0 aliphatic carbocycles. The monoisotopic (exact) mass is 421 g/mol. The number of benzene rings is 2. The number of H-pyrrole nitrogens is 1. The van der Waals surface area contributed by atoms with Crippen molar-refractivity contribution in [3.05, 3.63) is 70.4 Å². The molecule has 0 spiro atoms. The van der Waals surface area contributed by atoms with Gasteiger partial charge in [-0.3, -0.25) is 9.59 Å². The van der Waals surface area contributed by atoms with Gasteiger partial charge in [-0.1, -0.05) is 54.9 Å². The predicted molar refractivity (Wildman–Crippen MR) is 118 cm³/mol. The van der Waals surface area contributed by atoms with E-state index in [1.807, 2.05) is 56.3 Å². The van der Waals surface area contributed by atoms with Crippen LogP contribution < -0.4 is 0 Å². The Morgan fingerprint density at radius 1 is 1.13 bits per heavy atom. The highest BCUT2D eigenvalue weighted by Gasteiger charge is 2.56. The fourth-order valence-electron chi connectivity index (χ4n) is 5.16. The van der Waals surface area contributed by atoms with Crippen molar-refractivity contribution in [3.8, 4) is 0 Å². The van der Waals surface area contributed by atoms with Gasteiger partial charge in [0.25, 0.3) is 5.91 Å². The van der Waals surface area contributed by atoms with Crippen LogP contribution >= 0.6 is 11.6 Å². The minimum atomic E-state index is -1.05. The van der Waals surface area contributed by atoms with Crippen molar-refractivity contribution in [2.24, 2.45) is 0 Å². The SMILES string of the molecule is CCCN1CC(=O)N2C[C@@H](c3ccccc3Cl)c3c([nH]c4ccccc34)[C@@]2(C)C1=O. The highest BCUT2D eigenvalue weighted by atomic mass is 35.5. The van der Waals surface area contributed by atoms with Crippen LogP contribution in [0.2, 0.25) is 5.02 Å². The number of para-hydroxylation sites is 1. The molecule has 0 bridgehead atoms. The zero-order chi connectivity index (χ0) is 21.0. The fourth-order valence-corrected chi connectivity index (χ4v) is 5.43. The number of amides is 2. The molecule has 0 radical (unpaired) electrons. The smallest absolute Gasteiger partial charge is 0.254 e. The Hall–Kier alpha value is -2.79. The van der Waals surface area contributed by atoms with E-state index in [2.05, 4.69) is 11.1 Å². The van der Waals surface area contributed by atoms with Crippen molar-refractivity contribution in [2.45, 2.75) is 31.7 Å². The topological polar surface area (TPSA) is 56.4 Å². The molecule has 0 saturated carbocycles. The number of nitrogens with zero attached hydrogens (tertiary/aromatic N) is 2. The third kappa shape index (κ3) is 2.54. The molecule has 30 heavy (non-hydrogen) atoms. The summed E-state index contributed by atoms with van der Waals surface area (Å²) in [4.78, 5) is 33.8. The van der Waals surface area contributed by atoms with Crippen LogP contribution in [0, 0.1) is 0 Å². The van der Waals surface area contributed by atoms with Crippen molar-refractivity contribution in [3.63, 3.8) is 0 Å². The molecule has 1 saturated heterocycles. The summed E-state index contributed by atoms with van der Waals surface area (Å²) in [6.45, 7) is 5.05. The molecule has 5 rings (SSSR count). The number of aromatic amines is 1. The molecule has 2 aliphatic rings. The number of rotatable bonds is 3. The molecular weight excluding hydrogens is 398 g/mol. The van der Waals surface area contributed by atoms with Gasteiger partial charge >= 0.3 is 0 Å². The lowest BCUT2D eigenvalue weighted by Crippen LogP contribution is -2.67. The maximum atomic E-state index is 13.7. The number of hydrogen-bond acceptors (Lipinski definition) is 2. The minimum absolute atomic E-state index is 0.0191. The van der Waals surface area contributed by atoms with Gasteiger partial charge in [0, 0.05) is 34.9 Å². The van der Waals surface area contributed by atoms with E-state index in [0.717, 1.165) is 34.1 Å². The van der Waals surface area contributed by atoms with Gasteiger partial charge < -0.3 is 14.8 Å². The van der Waals surface area contributed by atoms with E-state index in [1.54, 1.807) is 9.80 Å². The van der Waals surface area contributed by atoms with Crippen molar-refractivity contribution in [1.29, 1.82) is 0 Å². The average molecular weight is 422 g/mol. The molecule has 2 aliphatic heterocycles. The van der Waals surface area contributed by atoms with Gasteiger partial charge in [0.15, 0.2) is 5.54 Å². The Morgan fingerprint density at radius 2 is 1.87 bits per heavy atom. The maximum absolute atomic E-state index is 13.7. The number of halogens is 1. The number of carbonyl (C=O) groups excluding carboxylic acids is 2. The molecule has 1 aromatic heterocycles. The van der Waals surface area contributed by atoms with Crippen LogP contribution in [0.3, 0.4) is 0 Å². The molecule has 3 heterocycles. The molecule has 2 atom stereocenters. The third-order valence-electron chi connectivity index (χ3n) is 6.59. The predicted octanol–water partition coefficient (Wildman–Crippen LogP) is 4.26. The van der Waals surface area contributed by atoms with Gasteiger partial charge in [0.2, 0.25) is 5.91 Å². The van der Waals surface area contributed by atoms with Crippen molar-refractivity contribution >= 4 is 34.3 Å². The lowest BCUT2D eigenvalue weighted by molar-refractivity contribution is -0.166. The largest absolute Gasteiger partial charge is 0.356 e. The van der Waals surface area contributed by atoms with E-state index in [9.17, 15) is 9.59 Å². The summed E-state index contributed by atoms with van der Waals surface area (Å²) >= 11 is 6.59. The van der Waals surface area contributed by atoms with E-state index < -0.39 is 5.54 Å². The summed E-state index contributed by atoms with van der Waals surface area (Å²) in [6, 6.07) is 15.9. The number of piperazine rings is 1. The van der Waals surface area contributed by atoms with E-state index in [0.29, 0.717) is 18.1 Å². The van der Waals surface area contributed by atoms with Crippen molar-refractivity contribution < 1.29 is 9.59 Å². The number of aromatic nitrogens is 1. The van der Waals surface area contributed by atoms with E-state index >= 15 is 0 Å². The third-order valence-corrected chi connectivity index (χ3v) is 6.94. The van der Waals surface area contributed by atoms with E-state index in [4.69, 9.17) is 11.6 Å². The van der Waals surface area contributed by atoms with Crippen molar-refractivity contribution in [2.75, 3.05) is 19.6 Å². The Morgan fingerprint density at radius 3 is 2.63 bits per heavy atom. The van der Waals surface area contributed by atoms with Crippen LogP contribution in [0.4, 0.5) is 0 Å². The van der Waals surface area contributed by atoms with E-state index in [1.165, 1.54) is 0 Å². The van der Waals surface area contributed by atoms with Gasteiger partial charge in [0.1, 0.15) is 0 Å². The number of carbonyl (C=O) groups is 2. The van der Waals surface area contributed by atoms with Gasteiger partial charge in [0.05, 0.1) is 12.2 Å². The standard InChI is InChI=1S/C24H24ClN3O2/c1-3-12-27-14-20(29)28-13-17(15-8-4-6-10-18(15)25)21-16-9-5-7-11-19(16)26-22(21)24(28,2)23(27)30/h4-11,17,26H,3,12-14H2,1-2H3/t17-,24-/m0/s1. The summed E-state index contributed by atoms with van der Waals surface area (Å²) < 4.78 is 0. The highest BCUT2D eigenvalue weighted by molar-refractivity contribution is 6.31. The highest BCUT2D eigenvalue weighted by Crippen LogP contribution is 2.48. The van der Waals surface area contributed by atoms with Crippen LogP contribution in [0.25, 0.3) is 10.9 Å².